The van der Waals surface area contributed by atoms with E-state index in [0.717, 1.165) is 27.9 Å². The van der Waals surface area contributed by atoms with Gasteiger partial charge in [0.2, 0.25) is 5.69 Å². The average Bonchev–Trinajstić information content (AvgIpc) is 3.23. The number of esters is 1. The number of amides is 1. The second-order valence-corrected chi connectivity index (χ2v) is 7.29. The van der Waals surface area contributed by atoms with E-state index in [1.807, 2.05) is 31.2 Å². The number of carbonyl (C=O) groups is 2. The zero-order chi connectivity index (χ0) is 24.2. The predicted octanol–water partition coefficient (Wildman–Crippen LogP) is 4.07. The number of halogens is 3. The van der Waals surface area contributed by atoms with E-state index in [9.17, 15) is 22.8 Å². The highest BCUT2D eigenvalue weighted by Crippen LogP contribution is 2.31. The Hall–Kier alpha value is -3.82. The molecule has 0 saturated carbocycles. The number of nitrogens with one attached hydrogen (secondary N) is 1. The van der Waals surface area contributed by atoms with Crippen molar-refractivity contribution in [1.29, 1.82) is 0 Å². The molecular formula is C23H22F3N3O4. The van der Waals surface area contributed by atoms with E-state index in [-0.39, 0.29) is 23.7 Å². The van der Waals surface area contributed by atoms with Gasteiger partial charge in [0.05, 0.1) is 24.6 Å². The molecule has 1 amide bonds. The molecule has 0 aliphatic heterocycles. The lowest BCUT2D eigenvalue weighted by atomic mass is 10.1. The van der Waals surface area contributed by atoms with Crippen molar-refractivity contribution in [3.8, 4) is 11.4 Å². The molecule has 3 aromatic rings. The molecule has 10 heteroatoms. The molecule has 1 aromatic heterocycles. The van der Waals surface area contributed by atoms with Gasteiger partial charge in [-0.3, -0.25) is 4.79 Å². The Kier molecular flexibility index (Phi) is 7.05. The van der Waals surface area contributed by atoms with E-state index in [0.29, 0.717) is 0 Å². The first-order chi connectivity index (χ1) is 15.6. The molecule has 1 atom stereocenters. The second-order valence-electron chi connectivity index (χ2n) is 7.29. The number of nitrogens with zero attached hydrogens (tertiary/aromatic N) is 2. The van der Waals surface area contributed by atoms with Crippen molar-refractivity contribution in [2.24, 2.45) is 0 Å². The van der Waals surface area contributed by atoms with Crippen molar-refractivity contribution in [3.63, 3.8) is 0 Å². The van der Waals surface area contributed by atoms with Crippen molar-refractivity contribution in [2.45, 2.75) is 32.7 Å². The summed E-state index contributed by atoms with van der Waals surface area (Å²) in [7, 11) is 1.28. The molecule has 3 rings (SSSR count). The fraction of sp³-hybridized carbons (Fsp3) is 0.261. The van der Waals surface area contributed by atoms with E-state index in [4.69, 9.17) is 9.47 Å². The summed E-state index contributed by atoms with van der Waals surface area (Å²) in [5.74, 6) is -1.47. The molecular weight excluding hydrogens is 439 g/mol. The summed E-state index contributed by atoms with van der Waals surface area (Å²) in [6.45, 7) is 3.61. The number of carbonyl (C=O) groups excluding carboxylic acids is 2. The van der Waals surface area contributed by atoms with Gasteiger partial charge in [-0.2, -0.15) is 18.3 Å². The first-order valence-corrected chi connectivity index (χ1v) is 9.94. The minimum atomic E-state index is -4.53. The fourth-order valence-electron chi connectivity index (χ4n) is 2.91. The van der Waals surface area contributed by atoms with Crippen LogP contribution in [0.4, 0.5) is 13.2 Å². The van der Waals surface area contributed by atoms with Crippen LogP contribution >= 0.6 is 0 Å². The van der Waals surface area contributed by atoms with Gasteiger partial charge < -0.3 is 14.8 Å². The molecule has 7 nitrogen and oxygen atoms in total. The van der Waals surface area contributed by atoms with Crippen LogP contribution in [0.2, 0.25) is 0 Å². The smallest absolute Gasteiger partial charge is 0.416 e. The number of hydrogen-bond donors (Lipinski definition) is 1. The Morgan fingerprint density at radius 1 is 1.15 bits per heavy atom. The third-order valence-corrected chi connectivity index (χ3v) is 4.77. The fourth-order valence-corrected chi connectivity index (χ4v) is 2.91. The quantitative estimate of drug-likeness (QED) is 0.537. The van der Waals surface area contributed by atoms with Gasteiger partial charge in [0.25, 0.3) is 5.91 Å². The highest BCUT2D eigenvalue weighted by atomic mass is 19.4. The Balaban J connectivity index is 1.70. The van der Waals surface area contributed by atoms with Crippen LogP contribution in [0.1, 0.15) is 34.1 Å². The number of aryl methyl sites for hydroxylation is 1. The van der Waals surface area contributed by atoms with Crippen molar-refractivity contribution in [2.75, 3.05) is 7.11 Å². The van der Waals surface area contributed by atoms with Crippen LogP contribution in [0.15, 0.2) is 54.7 Å². The molecule has 174 valence electrons. The van der Waals surface area contributed by atoms with Crippen LogP contribution in [-0.2, 0) is 22.3 Å². The summed E-state index contributed by atoms with van der Waals surface area (Å²) in [5.41, 5.74) is 0.913. The molecule has 1 unspecified atom stereocenters. The van der Waals surface area contributed by atoms with Crippen molar-refractivity contribution < 1.29 is 32.2 Å². The molecule has 1 heterocycles. The topological polar surface area (TPSA) is 82.5 Å². The number of benzene rings is 2. The minimum Gasteiger partial charge on any atom is -0.493 e. The Morgan fingerprint density at radius 2 is 1.85 bits per heavy atom. The van der Waals surface area contributed by atoms with Crippen molar-refractivity contribution in [3.05, 3.63) is 77.1 Å². The Labute approximate surface area is 188 Å². The molecule has 0 aliphatic rings. The lowest BCUT2D eigenvalue weighted by Crippen LogP contribution is -2.35. The lowest BCUT2D eigenvalue weighted by molar-refractivity contribution is -0.137. The van der Waals surface area contributed by atoms with E-state index >= 15 is 0 Å². The van der Waals surface area contributed by atoms with Gasteiger partial charge in [-0.05, 0) is 37.6 Å². The average molecular weight is 461 g/mol. The number of alkyl halides is 3. The van der Waals surface area contributed by atoms with Crippen LogP contribution in [0.5, 0.6) is 5.75 Å². The first kappa shape index (κ1) is 23.8. The van der Waals surface area contributed by atoms with Gasteiger partial charge in [-0.1, -0.05) is 35.9 Å². The van der Waals surface area contributed by atoms with Crippen LogP contribution in [0, 0.1) is 6.92 Å². The summed E-state index contributed by atoms with van der Waals surface area (Å²) < 4.78 is 50.4. The molecule has 1 N–H and O–H groups in total. The summed E-state index contributed by atoms with van der Waals surface area (Å²) in [5, 5.41) is 6.68. The number of rotatable bonds is 7. The molecule has 0 bridgehead atoms. The van der Waals surface area contributed by atoms with E-state index < -0.39 is 29.7 Å². The van der Waals surface area contributed by atoms with Crippen LogP contribution in [0.25, 0.3) is 5.69 Å². The first-order valence-electron chi connectivity index (χ1n) is 9.94. The summed E-state index contributed by atoms with van der Waals surface area (Å²) in [6, 6.07) is 12.0. The standard InChI is InChI=1S/C23H22F3N3O4/c1-14-7-9-16(10-8-14)12-27-21(30)15(2)33-22(31)20-19(32-3)13-29(28-20)18-6-4-5-17(11-18)23(24,25)26/h4-11,13,15H,12H2,1-3H3,(H,27,30). The molecule has 0 aliphatic carbocycles. The summed E-state index contributed by atoms with van der Waals surface area (Å²) >= 11 is 0. The van der Waals surface area contributed by atoms with Gasteiger partial charge in [-0.15, -0.1) is 0 Å². The number of methoxy groups -OCH3 is 1. The molecule has 0 fully saturated rings. The van der Waals surface area contributed by atoms with E-state index in [2.05, 4.69) is 10.4 Å². The molecule has 2 aromatic carbocycles. The van der Waals surface area contributed by atoms with Gasteiger partial charge in [0.15, 0.2) is 11.9 Å². The number of aromatic nitrogens is 2. The third kappa shape index (κ3) is 5.91. The maximum Gasteiger partial charge on any atom is 0.416 e. The maximum atomic E-state index is 13.0. The van der Waals surface area contributed by atoms with Crippen LogP contribution in [0.3, 0.4) is 0 Å². The second kappa shape index (κ2) is 9.76. The van der Waals surface area contributed by atoms with E-state index in [1.54, 1.807) is 0 Å². The molecule has 0 radical (unpaired) electrons. The predicted molar refractivity (Wildman–Crippen MR) is 113 cm³/mol. The van der Waals surface area contributed by atoms with Gasteiger partial charge in [0.1, 0.15) is 0 Å². The highest BCUT2D eigenvalue weighted by molar-refractivity contribution is 5.92. The molecule has 33 heavy (non-hydrogen) atoms. The van der Waals surface area contributed by atoms with Crippen LogP contribution in [-0.4, -0.2) is 34.9 Å². The maximum absolute atomic E-state index is 13.0. The monoisotopic (exact) mass is 461 g/mol. The van der Waals surface area contributed by atoms with Gasteiger partial charge in [0, 0.05) is 6.54 Å². The van der Waals surface area contributed by atoms with Crippen LogP contribution < -0.4 is 10.1 Å². The van der Waals surface area contributed by atoms with E-state index in [1.165, 1.54) is 32.4 Å². The molecule has 0 spiro atoms. The Bertz CT molecular complexity index is 1140. The summed E-state index contributed by atoms with van der Waals surface area (Å²) in [4.78, 5) is 24.9. The minimum absolute atomic E-state index is 0.00956. The largest absolute Gasteiger partial charge is 0.493 e. The summed E-state index contributed by atoms with van der Waals surface area (Å²) in [6.07, 6.45) is -4.41. The lowest BCUT2D eigenvalue weighted by Gasteiger charge is -2.13. The van der Waals surface area contributed by atoms with Crippen molar-refractivity contribution >= 4 is 11.9 Å². The van der Waals surface area contributed by atoms with Gasteiger partial charge >= 0.3 is 12.1 Å². The zero-order valence-electron chi connectivity index (χ0n) is 18.1. The zero-order valence-corrected chi connectivity index (χ0v) is 18.1. The molecule has 0 saturated heterocycles. The third-order valence-electron chi connectivity index (χ3n) is 4.77. The highest BCUT2D eigenvalue weighted by Gasteiger charge is 2.31. The number of hydrogen-bond acceptors (Lipinski definition) is 5. The Morgan fingerprint density at radius 3 is 2.48 bits per heavy atom. The normalized spacial score (nSPS) is 12.2. The van der Waals surface area contributed by atoms with Crippen molar-refractivity contribution in [1.82, 2.24) is 15.1 Å². The van der Waals surface area contributed by atoms with Gasteiger partial charge in [-0.25, -0.2) is 9.48 Å². The number of ether oxygens (including phenoxy) is 2. The SMILES string of the molecule is COc1cn(-c2cccc(C(F)(F)F)c2)nc1C(=O)OC(C)C(=O)NCc1ccc(C)cc1.